The summed E-state index contributed by atoms with van der Waals surface area (Å²) in [6, 6.07) is 2.75. The van der Waals surface area contributed by atoms with Gasteiger partial charge in [-0.3, -0.25) is 9.59 Å². The molecule has 2 N–H and O–H groups in total. The second-order valence-corrected chi connectivity index (χ2v) is 5.75. The van der Waals surface area contributed by atoms with E-state index in [-0.39, 0.29) is 11.9 Å². The lowest BCUT2D eigenvalue weighted by Crippen LogP contribution is -2.52. The molecule has 1 aliphatic rings. The van der Waals surface area contributed by atoms with Crippen LogP contribution in [0.25, 0.3) is 0 Å². The van der Waals surface area contributed by atoms with Gasteiger partial charge in [0.25, 0.3) is 5.91 Å². The number of rotatable bonds is 3. The molecule has 1 fully saturated rings. The van der Waals surface area contributed by atoms with Crippen LogP contribution in [-0.2, 0) is 4.79 Å². The van der Waals surface area contributed by atoms with Crippen LogP contribution in [0.4, 0.5) is 0 Å². The second-order valence-electron chi connectivity index (χ2n) is 5.36. The zero-order chi connectivity index (χ0) is 14.8. The first-order valence-corrected chi connectivity index (χ1v) is 6.97. The summed E-state index contributed by atoms with van der Waals surface area (Å²) in [6.45, 7) is 1.69. The number of pyridine rings is 1. The minimum absolute atomic E-state index is 0.312. The van der Waals surface area contributed by atoms with Gasteiger partial charge in [0.1, 0.15) is 5.15 Å². The van der Waals surface area contributed by atoms with Crippen LogP contribution in [0, 0.1) is 5.41 Å². The van der Waals surface area contributed by atoms with Gasteiger partial charge in [0, 0.05) is 12.2 Å². The molecule has 1 amide bonds. The molecule has 0 aliphatic heterocycles. The summed E-state index contributed by atoms with van der Waals surface area (Å²) in [5.74, 6) is -1.18. The molecule has 108 valence electrons. The van der Waals surface area contributed by atoms with E-state index < -0.39 is 11.4 Å². The number of carboxylic acid groups (broad SMARTS) is 1. The average Bonchev–Trinajstić information content (AvgIpc) is 2.42. The van der Waals surface area contributed by atoms with E-state index in [4.69, 9.17) is 11.6 Å². The van der Waals surface area contributed by atoms with E-state index in [9.17, 15) is 14.7 Å². The first-order chi connectivity index (χ1) is 9.43. The fourth-order valence-electron chi connectivity index (χ4n) is 2.57. The van der Waals surface area contributed by atoms with Gasteiger partial charge in [-0.2, -0.15) is 0 Å². The predicted molar refractivity (Wildman–Crippen MR) is 74.7 cm³/mol. The second kappa shape index (κ2) is 5.79. The van der Waals surface area contributed by atoms with Crippen molar-refractivity contribution in [2.45, 2.75) is 38.6 Å². The van der Waals surface area contributed by atoms with Gasteiger partial charge in [-0.15, -0.1) is 0 Å². The van der Waals surface area contributed by atoms with Crippen molar-refractivity contribution in [3.63, 3.8) is 0 Å². The SMILES string of the molecule is CC1(C(=O)O)CCCCC1NC(=O)c1ccc(Cl)nc1. The largest absolute Gasteiger partial charge is 0.481 e. The molecule has 1 aromatic heterocycles. The van der Waals surface area contributed by atoms with Crippen molar-refractivity contribution in [3.05, 3.63) is 29.0 Å². The molecule has 1 saturated carbocycles. The lowest BCUT2D eigenvalue weighted by molar-refractivity contribution is -0.151. The van der Waals surface area contributed by atoms with Crippen LogP contribution in [0.1, 0.15) is 43.0 Å². The lowest BCUT2D eigenvalue weighted by atomic mass is 9.71. The Morgan fingerprint density at radius 3 is 2.80 bits per heavy atom. The van der Waals surface area contributed by atoms with E-state index in [0.717, 1.165) is 12.8 Å². The molecule has 0 spiro atoms. The molecule has 5 nitrogen and oxygen atoms in total. The smallest absolute Gasteiger partial charge is 0.311 e. The van der Waals surface area contributed by atoms with Crippen molar-refractivity contribution in [2.24, 2.45) is 5.41 Å². The Hall–Kier alpha value is -1.62. The molecule has 6 heteroatoms. The van der Waals surface area contributed by atoms with Crippen molar-refractivity contribution in [1.82, 2.24) is 10.3 Å². The predicted octanol–water partition coefficient (Wildman–Crippen LogP) is 2.50. The normalized spacial score (nSPS) is 26.0. The fraction of sp³-hybridized carbons (Fsp3) is 0.500. The number of carbonyl (C=O) groups is 2. The Balaban J connectivity index is 2.13. The third-order valence-corrected chi connectivity index (χ3v) is 4.22. The Morgan fingerprint density at radius 2 is 2.20 bits per heavy atom. The van der Waals surface area contributed by atoms with Gasteiger partial charge < -0.3 is 10.4 Å². The Kier molecular flexibility index (Phi) is 4.28. The third kappa shape index (κ3) is 2.93. The molecule has 1 heterocycles. The first kappa shape index (κ1) is 14.8. The number of aliphatic carboxylic acids is 1. The van der Waals surface area contributed by atoms with E-state index in [1.807, 2.05) is 0 Å². The third-order valence-electron chi connectivity index (χ3n) is 3.99. The van der Waals surface area contributed by atoms with Crippen LogP contribution >= 0.6 is 11.6 Å². The molecule has 0 aromatic carbocycles. The highest BCUT2D eigenvalue weighted by Crippen LogP contribution is 2.36. The minimum Gasteiger partial charge on any atom is -0.481 e. The molecule has 0 saturated heterocycles. The fourth-order valence-corrected chi connectivity index (χ4v) is 2.68. The van der Waals surface area contributed by atoms with Crippen molar-refractivity contribution in [2.75, 3.05) is 0 Å². The number of nitrogens with zero attached hydrogens (tertiary/aromatic N) is 1. The maximum absolute atomic E-state index is 12.1. The number of carbonyl (C=O) groups excluding carboxylic acids is 1. The zero-order valence-electron chi connectivity index (χ0n) is 11.2. The van der Waals surface area contributed by atoms with Crippen LogP contribution in [0.3, 0.4) is 0 Å². The highest BCUT2D eigenvalue weighted by molar-refractivity contribution is 6.29. The highest BCUT2D eigenvalue weighted by atomic mass is 35.5. The van der Waals surface area contributed by atoms with Gasteiger partial charge in [-0.1, -0.05) is 24.4 Å². The van der Waals surface area contributed by atoms with Crippen molar-refractivity contribution >= 4 is 23.5 Å². The van der Waals surface area contributed by atoms with Crippen LogP contribution in [0.2, 0.25) is 5.15 Å². The van der Waals surface area contributed by atoms with Gasteiger partial charge in [-0.25, -0.2) is 4.98 Å². The van der Waals surface area contributed by atoms with E-state index in [2.05, 4.69) is 10.3 Å². The molecule has 0 bridgehead atoms. The van der Waals surface area contributed by atoms with Crippen molar-refractivity contribution < 1.29 is 14.7 Å². The molecule has 2 unspecified atom stereocenters. The lowest BCUT2D eigenvalue weighted by Gasteiger charge is -2.38. The van der Waals surface area contributed by atoms with E-state index in [0.29, 0.717) is 23.6 Å². The average molecular weight is 297 g/mol. The Labute approximate surface area is 122 Å². The monoisotopic (exact) mass is 296 g/mol. The maximum atomic E-state index is 12.1. The van der Waals surface area contributed by atoms with Crippen LogP contribution in [0.5, 0.6) is 0 Å². The summed E-state index contributed by atoms with van der Waals surface area (Å²) in [7, 11) is 0. The molecule has 2 atom stereocenters. The van der Waals surface area contributed by atoms with Crippen LogP contribution < -0.4 is 5.32 Å². The topological polar surface area (TPSA) is 79.3 Å². The molecule has 1 aliphatic carbocycles. The maximum Gasteiger partial charge on any atom is 0.311 e. The number of carboxylic acids is 1. The number of hydrogen-bond donors (Lipinski definition) is 2. The van der Waals surface area contributed by atoms with Gasteiger partial charge >= 0.3 is 5.97 Å². The zero-order valence-corrected chi connectivity index (χ0v) is 12.0. The van der Waals surface area contributed by atoms with E-state index in [1.165, 1.54) is 12.3 Å². The molecule has 2 rings (SSSR count). The highest BCUT2D eigenvalue weighted by Gasteiger charge is 2.43. The van der Waals surface area contributed by atoms with E-state index >= 15 is 0 Å². The van der Waals surface area contributed by atoms with Crippen molar-refractivity contribution in [3.8, 4) is 0 Å². The first-order valence-electron chi connectivity index (χ1n) is 6.59. The van der Waals surface area contributed by atoms with Crippen LogP contribution in [0.15, 0.2) is 18.3 Å². The number of amides is 1. The van der Waals surface area contributed by atoms with Gasteiger partial charge in [0.2, 0.25) is 0 Å². The summed E-state index contributed by atoms with van der Waals surface area (Å²) >= 11 is 5.67. The van der Waals surface area contributed by atoms with Crippen molar-refractivity contribution in [1.29, 1.82) is 0 Å². The molecule has 0 radical (unpaired) electrons. The molecular formula is C14H17ClN2O3. The number of aromatic nitrogens is 1. The van der Waals surface area contributed by atoms with Gasteiger partial charge in [0.15, 0.2) is 0 Å². The standard InChI is InChI=1S/C14H17ClN2O3/c1-14(13(19)20)7-3-2-4-10(14)17-12(18)9-5-6-11(15)16-8-9/h5-6,8,10H,2-4,7H2,1H3,(H,17,18)(H,19,20). The summed E-state index contributed by atoms with van der Waals surface area (Å²) < 4.78 is 0. The molecule has 1 aromatic rings. The van der Waals surface area contributed by atoms with E-state index in [1.54, 1.807) is 13.0 Å². The number of hydrogen-bond acceptors (Lipinski definition) is 3. The summed E-state index contributed by atoms with van der Waals surface area (Å²) in [5.41, 5.74) is -0.527. The quantitative estimate of drug-likeness (QED) is 0.840. The Morgan fingerprint density at radius 1 is 1.45 bits per heavy atom. The summed E-state index contributed by atoms with van der Waals surface area (Å²) in [5, 5.41) is 12.5. The number of nitrogens with one attached hydrogen (secondary N) is 1. The number of halogens is 1. The molecule has 20 heavy (non-hydrogen) atoms. The van der Waals surface area contributed by atoms with Gasteiger partial charge in [-0.05, 0) is 31.9 Å². The molecular weight excluding hydrogens is 280 g/mol. The van der Waals surface area contributed by atoms with Crippen LogP contribution in [-0.4, -0.2) is 28.0 Å². The van der Waals surface area contributed by atoms with Gasteiger partial charge in [0.05, 0.1) is 11.0 Å². The minimum atomic E-state index is -0.909. The summed E-state index contributed by atoms with van der Waals surface area (Å²) in [6.07, 6.45) is 4.44. The Bertz CT molecular complexity index is 518. The summed E-state index contributed by atoms with van der Waals surface area (Å²) in [4.78, 5) is 27.5.